The molecule has 230 valence electrons. The summed E-state index contributed by atoms with van der Waals surface area (Å²) in [6.45, 7) is 6.75. The second-order valence-corrected chi connectivity index (χ2v) is 11.4. The summed E-state index contributed by atoms with van der Waals surface area (Å²) in [7, 11) is 6.61. The van der Waals surface area contributed by atoms with Crippen LogP contribution in [0.15, 0.2) is 36.5 Å². The first kappa shape index (κ1) is 31.4. The summed E-state index contributed by atoms with van der Waals surface area (Å²) in [4.78, 5) is 33.2. The van der Waals surface area contributed by atoms with E-state index in [9.17, 15) is 14.0 Å². The molecular formula is C31H40FN7O4. The topological polar surface area (TPSA) is 112 Å². The van der Waals surface area contributed by atoms with Gasteiger partial charge in [-0.3, -0.25) is 14.1 Å². The Balaban J connectivity index is 1.66. The number of nitrogens with zero attached hydrogens (tertiary/aromatic N) is 4. The Bertz CT molecular complexity index is 1540. The van der Waals surface area contributed by atoms with Crippen molar-refractivity contribution in [3.05, 3.63) is 47.8 Å². The third-order valence-electron chi connectivity index (χ3n) is 6.96. The quantitative estimate of drug-likeness (QED) is 0.353. The Hall–Kier alpha value is -4.50. The lowest BCUT2D eigenvalue weighted by atomic mass is 10.0. The van der Waals surface area contributed by atoms with Gasteiger partial charge in [-0.05, 0) is 70.5 Å². The van der Waals surface area contributed by atoms with Gasteiger partial charge in [-0.1, -0.05) is 5.92 Å². The number of pyridine rings is 1. The van der Waals surface area contributed by atoms with E-state index in [2.05, 4.69) is 27.8 Å². The molecule has 2 amide bonds. The number of amides is 2. The van der Waals surface area contributed by atoms with Crippen LogP contribution >= 0.6 is 0 Å². The number of benzene rings is 1. The molecule has 12 heteroatoms. The highest BCUT2D eigenvalue weighted by atomic mass is 19.1. The summed E-state index contributed by atoms with van der Waals surface area (Å²) in [6, 6.07) is 8.38. The molecule has 1 aliphatic heterocycles. The largest absolute Gasteiger partial charge is 0.495 e. The van der Waals surface area contributed by atoms with Crippen LogP contribution in [0.4, 0.5) is 26.4 Å². The number of alkyl halides is 1. The number of rotatable bonds is 7. The van der Waals surface area contributed by atoms with E-state index in [0.29, 0.717) is 52.8 Å². The van der Waals surface area contributed by atoms with Crippen molar-refractivity contribution in [2.45, 2.75) is 45.0 Å². The molecule has 4 rings (SSSR count). The van der Waals surface area contributed by atoms with Crippen LogP contribution in [0.3, 0.4) is 0 Å². The number of likely N-dealkylation sites (tertiary alicyclic amines) is 1. The molecule has 1 aromatic carbocycles. The normalized spacial score (nSPS) is 17.0. The van der Waals surface area contributed by atoms with E-state index in [1.54, 1.807) is 63.7 Å². The number of piperidine rings is 1. The van der Waals surface area contributed by atoms with Gasteiger partial charge in [0.1, 0.15) is 17.5 Å². The number of hydrogen-bond acceptors (Lipinski definition) is 8. The maximum atomic E-state index is 14.9. The zero-order valence-electron chi connectivity index (χ0n) is 25.7. The van der Waals surface area contributed by atoms with Crippen LogP contribution in [0, 0.1) is 11.8 Å². The van der Waals surface area contributed by atoms with Gasteiger partial charge in [-0.15, -0.1) is 0 Å². The summed E-state index contributed by atoms with van der Waals surface area (Å²) in [6.07, 6.45) is 0.836. The highest BCUT2D eigenvalue weighted by molar-refractivity contribution is 5.95. The van der Waals surface area contributed by atoms with E-state index in [4.69, 9.17) is 14.5 Å². The first-order valence-corrected chi connectivity index (χ1v) is 14.1. The van der Waals surface area contributed by atoms with Crippen LogP contribution in [0.5, 0.6) is 5.75 Å². The van der Waals surface area contributed by atoms with Crippen molar-refractivity contribution in [2.75, 3.05) is 63.4 Å². The molecule has 3 N–H and O–H groups in total. The summed E-state index contributed by atoms with van der Waals surface area (Å²) in [5.41, 5.74) is 1.94. The van der Waals surface area contributed by atoms with E-state index in [-0.39, 0.29) is 18.5 Å². The Kier molecular flexibility index (Phi) is 9.66. The Labute approximate surface area is 251 Å². The minimum Gasteiger partial charge on any atom is -0.495 e. The predicted octanol–water partition coefficient (Wildman–Crippen LogP) is 3.99. The predicted molar refractivity (Wildman–Crippen MR) is 166 cm³/mol. The van der Waals surface area contributed by atoms with Gasteiger partial charge in [0.2, 0.25) is 0 Å². The number of anilines is 3. The van der Waals surface area contributed by atoms with Crippen LogP contribution in [0.25, 0.3) is 5.65 Å². The summed E-state index contributed by atoms with van der Waals surface area (Å²) in [5.74, 6) is 6.86. The third-order valence-corrected chi connectivity index (χ3v) is 6.96. The zero-order chi connectivity index (χ0) is 31.3. The minimum atomic E-state index is -1.04. The molecule has 0 saturated carbocycles. The van der Waals surface area contributed by atoms with Crippen LogP contribution < -0.4 is 25.6 Å². The lowest BCUT2D eigenvalue weighted by Crippen LogP contribution is -2.46. The number of halogens is 1. The van der Waals surface area contributed by atoms with Crippen LogP contribution in [-0.2, 0) is 4.74 Å². The van der Waals surface area contributed by atoms with E-state index in [1.807, 2.05) is 24.1 Å². The fourth-order valence-electron chi connectivity index (χ4n) is 4.80. The van der Waals surface area contributed by atoms with E-state index in [1.165, 1.54) is 12.0 Å². The van der Waals surface area contributed by atoms with E-state index >= 15 is 0 Å². The van der Waals surface area contributed by atoms with Crippen molar-refractivity contribution < 1.29 is 23.5 Å². The molecular weight excluding hydrogens is 553 g/mol. The Morgan fingerprint density at radius 3 is 2.67 bits per heavy atom. The molecule has 1 aliphatic rings. The molecule has 3 aromatic rings. The summed E-state index contributed by atoms with van der Waals surface area (Å²) < 4.78 is 27.7. The number of methoxy groups -OCH3 is 1. The van der Waals surface area contributed by atoms with Crippen LogP contribution in [0.1, 0.15) is 43.2 Å². The van der Waals surface area contributed by atoms with Crippen molar-refractivity contribution in [3.63, 3.8) is 0 Å². The van der Waals surface area contributed by atoms with Crippen molar-refractivity contribution in [1.29, 1.82) is 0 Å². The number of carbonyl (C=O) groups excluding carboxylic acids is 2. The van der Waals surface area contributed by atoms with Gasteiger partial charge in [-0.2, -0.15) is 0 Å². The summed E-state index contributed by atoms with van der Waals surface area (Å²) >= 11 is 0. The second-order valence-electron chi connectivity index (χ2n) is 11.4. The van der Waals surface area contributed by atoms with Crippen LogP contribution in [-0.4, -0.2) is 92.0 Å². The fraction of sp³-hybridized carbons (Fsp3) is 0.452. The average Bonchev–Trinajstić information content (AvgIpc) is 3.34. The van der Waals surface area contributed by atoms with Crippen molar-refractivity contribution in [2.24, 2.45) is 0 Å². The molecule has 1 saturated heterocycles. The van der Waals surface area contributed by atoms with Gasteiger partial charge in [0, 0.05) is 38.9 Å². The molecule has 0 unspecified atom stereocenters. The smallest absolute Gasteiger partial charge is 0.415 e. The standard InChI is InChI=1S/C31H40FN7O4/c1-31(2,3)43-30(41)38(6)29-25(10-8-15-34-23-13-12-20(28(40)33-4)18-26(23)42-7)36-27-24(11-9-16-39(27)29)35-22-14-17-37(5)19-21(22)32/h9,11-13,16,18,21-22,34-35H,14-15,17,19H2,1-7H3,(H,33,40)/t21-,22+/m0/s1. The van der Waals surface area contributed by atoms with Gasteiger partial charge in [-0.25, -0.2) is 14.2 Å². The van der Waals surface area contributed by atoms with Gasteiger partial charge in [0.25, 0.3) is 5.91 Å². The maximum Gasteiger partial charge on any atom is 0.415 e. The molecule has 43 heavy (non-hydrogen) atoms. The molecule has 0 radical (unpaired) electrons. The Morgan fingerprint density at radius 2 is 2.00 bits per heavy atom. The fourth-order valence-corrected chi connectivity index (χ4v) is 4.80. The molecule has 1 fully saturated rings. The lowest BCUT2D eigenvalue weighted by molar-refractivity contribution is 0.0587. The van der Waals surface area contributed by atoms with Crippen molar-refractivity contribution in [3.8, 4) is 17.6 Å². The second kappa shape index (κ2) is 13.2. The molecule has 2 atom stereocenters. The monoisotopic (exact) mass is 593 g/mol. The first-order chi connectivity index (χ1) is 20.4. The SMILES string of the molecule is CNC(=O)c1ccc(NCC#Cc2nc3c(N[C@@H]4CCN(C)C[C@@H]4F)cccn3c2N(C)C(=O)OC(C)(C)C)c(OC)c1. The van der Waals surface area contributed by atoms with Gasteiger partial charge in [0.05, 0.1) is 31.1 Å². The number of imidazole rings is 1. The molecule has 11 nitrogen and oxygen atoms in total. The molecule has 0 bridgehead atoms. The van der Waals surface area contributed by atoms with Crippen LogP contribution in [0.2, 0.25) is 0 Å². The van der Waals surface area contributed by atoms with E-state index < -0.39 is 17.9 Å². The lowest BCUT2D eigenvalue weighted by Gasteiger charge is -2.33. The first-order valence-electron chi connectivity index (χ1n) is 14.1. The Morgan fingerprint density at radius 1 is 1.23 bits per heavy atom. The van der Waals surface area contributed by atoms with Gasteiger partial charge in [0.15, 0.2) is 17.2 Å². The number of fused-ring (bicyclic) bond motifs is 1. The minimum absolute atomic E-state index is 0.218. The number of aromatic nitrogens is 2. The number of ether oxygens (including phenoxy) is 2. The average molecular weight is 594 g/mol. The van der Waals surface area contributed by atoms with Gasteiger partial charge >= 0.3 is 6.09 Å². The number of nitrogens with one attached hydrogen (secondary N) is 3. The highest BCUT2D eigenvalue weighted by Crippen LogP contribution is 2.29. The van der Waals surface area contributed by atoms with Crippen molar-refractivity contribution >= 4 is 34.8 Å². The number of carbonyl (C=O) groups is 2. The van der Waals surface area contributed by atoms with Crippen molar-refractivity contribution in [1.82, 2.24) is 19.6 Å². The third kappa shape index (κ3) is 7.48. The summed E-state index contributed by atoms with van der Waals surface area (Å²) in [5, 5.41) is 9.13. The van der Waals surface area contributed by atoms with Gasteiger partial charge < -0.3 is 30.3 Å². The molecule has 3 heterocycles. The number of hydrogen-bond donors (Lipinski definition) is 3. The maximum absolute atomic E-state index is 14.9. The highest BCUT2D eigenvalue weighted by Gasteiger charge is 2.29. The molecule has 0 aliphatic carbocycles. The molecule has 2 aromatic heterocycles. The zero-order valence-corrected chi connectivity index (χ0v) is 25.7. The molecule has 0 spiro atoms. The van der Waals surface area contributed by atoms with E-state index in [0.717, 1.165) is 6.54 Å².